The lowest BCUT2D eigenvalue weighted by molar-refractivity contribution is 0.621. The Morgan fingerprint density at radius 3 is 2.88 bits per heavy atom. The molecule has 0 aliphatic heterocycles. The molecule has 0 radical (unpaired) electrons. The number of hydrogen-bond donors (Lipinski definition) is 3. The molecule has 0 amide bonds. The Balaban J connectivity index is 2.74. The Morgan fingerprint density at radius 1 is 1.56 bits per heavy atom. The number of hydrazine groups is 1. The van der Waals surface area contributed by atoms with Crippen molar-refractivity contribution in [2.45, 2.75) is 13.3 Å². The number of anilines is 1. The summed E-state index contributed by atoms with van der Waals surface area (Å²) in [5, 5.41) is 2.95. The predicted octanol–water partition coefficient (Wildman–Crippen LogP) is 2.23. The number of rotatable bonds is 3. The van der Waals surface area contributed by atoms with Crippen LogP contribution >= 0.6 is 15.9 Å². The second-order valence-corrected chi connectivity index (χ2v) is 3.98. The molecule has 0 unspecified atom stereocenters. The Hall–Kier alpha value is -1.14. The fraction of sp³-hybridized carbons (Fsp3) is 0.300. The third-order valence-corrected chi connectivity index (χ3v) is 2.42. The molecule has 0 saturated heterocycles. The molecule has 0 atom stereocenters. The molecule has 88 valence electrons. The average Bonchev–Trinajstić information content (AvgIpc) is 2.29. The number of nitrogens with two attached hydrogens (primary N) is 1. The van der Waals surface area contributed by atoms with Gasteiger partial charge in [-0.05, 0) is 40.5 Å². The van der Waals surface area contributed by atoms with Crippen LogP contribution in [0.3, 0.4) is 0 Å². The van der Waals surface area contributed by atoms with Gasteiger partial charge in [-0.1, -0.05) is 6.92 Å². The van der Waals surface area contributed by atoms with E-state index in [4.69, 9.17) is 5.84 Å². The minimum atomic E-state index is -0.307. The Kier molecular flexibility index (Phi) is 5.21. The van der Waals surface area contributed by atoms with Crippen LogP contribution in [0.5, 0.6) is 0 Å². The molecular weight excluding hydrogens is 275 g/mol. The van der Waals surface area contributed by atoms with E-state index in [1.165, 1.54) is 6.07 Å². The molecule has 0 spiro atoms. The van der Waals surface area contributed by atoms with Gasteiger partial charge in [-0.2, -0.15) is 0 Å². The molecular formula is C10H14BrFN4. The number of nitrogens with zero attached hydrogens (tertiary/aromatic N) is 1. The molecule has 1 rings (SSSR count). The minimum absolute atomic E-state index is 0.307. The molecule has 1 aromatic rings. The summed E-state index contributed by atoms with van der Waals surface area (Å²) in [7, 11) is 0. The van der Waals surface area contributed by atoms with E-state index in [1.54, 1.807) is 12.1 Å². The van der Waals surface area contributed by atoms with Crippen LogP contribution < -0.4 is 16.6 Å². The highest BCUT2D eigenvalue weighted by atomic mass is 79.9. The number of benzene rings is 1. The second kappa shape index (κ2) is 6.44. The van der Waals surface area contributed by atoms with E-state index in [0.717, 1.165) is 6.42 Å². The lowest BCUT2D eigenvalue weighted by Crippen LogP contribution is -2.36. The van der Waals surface area contributed by atoms with Crippen LogP contribution in [0.4, 0.5) is 10.1 Å². The molecule has 1 aromatic carbocycles. The molecule has 16 heavy (non-hydrogen) atoms. The summed E-state index contributed by atoms with van der Waals surface area (Å²) >= 11 is 3.10. The molecule has 0 aromatic heterocycles. The highest BCUT2D eigenvalue weighted by Crippen LogP contribution is 2.19. The smallest absolute Gasteiger partial charge is 0.210 e. The Bertz CT molecular complexity index is 381. The van der Waals surface area contributed by atoms with Crippen LogP contribution in [0.25, 0.3) is 0 Å². The number of guanidine groups is 1. The van der Waals surface area contributed by atoms with Gasteiger partial charge in [0, 0.05) is 12.2 Å². The van der Waals surface area contributed by atoms with Crippen LogP contribution in [-0.4, -0.2) is 12.5 Å². The minimum Gasteiger partial charge on any atom is -0.325 e. The maximum atomic E-state index is 13.0. The molecule has 0 aliphatic carbocycles. The van der Waals surface area contributed by atoms with Crippen molar-refractivity contribution in [3.8, 4) is 0 Å². The molecule has 4 nitrogen and oxygen atoms in total. The standard InChI is InChI=1S/C10H14BrFN4/c1-2-5-14-10(16-13)15-7-3-4-9(12)8(11)6-7/h3-4,6H,2,5,13H2,1H3,(H2,14,15,16). The van der Waals surface area contributed by atoms with Crippen molar-refractivity contribution in [2.24, 2.45) is 10.8 Å². The third kappa shape index (κ3) is 3.79. The zero-order chi connectivity index (χ0) is 12.0. The largest absolute Gasteiger partial charge is 0.325 e. The summed E-state index contributed by atoms with van der Waals surface area (Å²) in [4.78, 5) is 4.17. The van der Waals surface area contributed by atoms with Crippen LogP contribution in [0.2, 0.25) is 0 Å². The number of halogens is 2. The summed E-state index contributed by atoms with van der Waals surface area (Å²) in [5.74, 6) is 5.45. The van der Waals surface area contributed by atoms with Gasteiger partial charge in [0.1, 0.15) is 5.82 Å². The van der Waals surface area contributed by atoms with Gasteiger partial charge in [-0.3, -0.25) is 10.4 Å². The van der Waals surface area contributed by atoms with Gasteiger partial charge >= 0.3 is 0 Å². The van der Waals surface area contributed by atoms with Gasteiger partial charge in [-0.25, -0.2) is 10.2 Å². The van der Waals surface area contributed by atoms with Crippen molar-refractivity contribution >= 4 is 27.6 Å². The first-order valence-electron chi connectivity index (χ1n) is 4.90. The highest BCUT2D eigenvalue weighted by Gasteiger charge is 2.02. The van der Waals surface area contributed by atoms with E-state index in [9.17, 15) is 4.39 Å². The molecule has 6 heteroatoms. The van der Waals surface area contributed by atoms with Gasteiger partial charge in [0.25, 0.3) is 0 Å². The lowest BCUT2D eigenvalue weighted by Gasteiger charge is -2.09. The first kappa shape index (κ1) is 12.9. The SMILES string of the molecule is CCCN=C(NN)Nc1ccc(F)c(Br)c1. The number of aliphatic imine (C=N–C) groups is 1. The van der Waals surface area contributed by atoms with Crippen molar-refractivity contribution in [3.63, 3.8) is 0 Å². The highest BCUT2D eigenvalue weighted by molar-refractivity contribution is 9.10. The normalized spacial score (nSPS) is 11.4. The van der Waals surface area contributed by atoms with E-state index >= 15 is 0 Å². The lowest BCUT2D eigenvalue weighted by atomic mass is 10.3. The summed E-state index contributed by atoms with van der Waals surface area (Å²) in [6, 6.07) is 4.59. The van der Waals surface area contributed by atoms with E-state index < -0.39 is 0 Å². The van der Waals surface area contributed by atoms with Crippen LogP contribution in [0, 0.1) is 5.82 Å². The van der Waals surface area contributed by atoms with E-state index in [1.807, 2.05) is 6.92 Å². The first-order valence-corrected chi connectivity index (χ1v) is 5.69. The molecule has 4 N–H and O–H groups in total. The van der Waals surface area contributed by atoms with Crippen LogP contribution in [-0.2, 0) is 0 Å². The summed E-state index contributed by atoms with van der Waals surface area (Å²) in [6.07, 6.45) is 0.931. The monoisotopic (exact) mass is 288 g/mol. The first-order chi connectivity index (χ1) is 7.67. The van der Waals surface area contributed by atoms with Crippen molar-refractivity contribution in [3.05, 3.63) is 28.5 Å². The number of hydrogen-bond acceptors (Lipinski definition) is 2. The summed E-state index contributed by atoms with van der Waals surface area (Å²) in [6.45, 7) is 2.70. The predicted molar refractivity (Wildman–Crippen MR) is 67.6 cm³/mol. The maximum Gasteiger partial charge on any atom is 0.210 e. The fourth-order valence-corrected chi connectivity index (χ4v) is 1.43. The van der Waals surface area contributed by atoms with Crippen molar-refractivity contribution in [1.29, 1.82) is 0 Å². The van der Waals surface area contributed by atoms with Crippen molar-refractivity contribution < 1.29 is 4.39 Å². The van der Waals surface area contributed by atoms with E-state index in [0.29, 0.717) is 22.7 Å². The van der Waals surface area contributed by atoms with Crippen LogP contribution in [0.1, 0.15) is 13.3 Å². The Labute approximate surface area is 102 Å². The van der Waals surface area contributed by atoms with Gasteiger partial charge in [0.05, 0.1) is 4.47 Å². The molecule has 0 aliphatic rings. The molecule has 0 saturated carbocycles. The number of nitrogens with one attached hydrogen (secondary N) is 2. The van der Waals surface area contributed by atoms with Gasteiger partial charge < -0.3 is 5.32 Å². The fourth-order valence-electron chi connectivity index (χ4n) is 1.06. The zero-order valence-corrected chi connectivity index (χ0v) is 10.5. The van der Waals surface area contributed by atoms with Crippen molar-refractivity contribution in [2.75, 3.05) is 11.9 Å². The van der Waals surface area contributed by atoms with Gasteiger partial charge in [0.15, 0.2) is 0 Å². The maximum absolute atomic E-state index is 13.0. The molecule has 0 fully saturated rings. The van der Waals surface area contributed by atoms with Gasteiger partial charge in [0.2, 0.25) is 5.96 Å². The van der Waals surface area contributed by atoms with Crippen molar-refractivity contribution in [1.82, 2.24) is 5.43 Å². The summed E-state index contributed by atoms with van der Waals surface area (Å²) < 4.78 is 13.4. The third-order valence-electron chi connectivity index (χ3n) is 1.81. The van der Waals surface area contributed by atoms with E-state index in [2.05, 4.69) is 31.7 Å². The molecule has 0 heterocycles. The second-order valence-electron chi connectivity index (χ2n) is 3.13. The van der Waals surface area contributed by atoms with Gasteiger partial charge in [-0.15, -0.1) is 0 Å². The summed E-state index contributed by atoms with van der Waals surface area (Å²) in [5.41, 5.74) is 3.16. The Morgan fingerprint density at radius 2 is 2.31 bits per heavy atom. The van der Waals surface area contributed by atoms with E-state index in [-0.39, 0.29) is 5.82 Å². The average molecular weight is 289 g/mol. The zero-order valence-electron chi connectivity index (χ0n) is 8.93. The topological polar surface area (TPSA) is 62.4 Å². The quantitative estimate of drug-likeness (QED) is 0.346. The van der Waals surface area contributed by atoms with Crippen LogP contribution in [0.15, 0.2) is 27.7 Å². The molecule has 0 bridgehead atoms.